The summed E-state index contributed by atoms with van der Waals surface area (Å²) in [6.07, 6.45) is 9.08. The van der Waals surface area contributed by atoms with Gasteiger partial charge in [-0.2, -0.15) is 10.2 Å². The zero-order chi connectivity index (χ0) is 17.9. The first-order valence-electron chi connectivity index (χ1n) is 9.77. The van der Waals surface area contributed by atoms with E-state index < -0.39 is 0 Å². The number of nitrogens with one attached hydrogen (secondary N) is 1. The highest BCUT2D eigenvalue weighted by Gasteiger charge is 2.33. The van der Waals surface area contributed by atoms with Gasteiger partial charge in [0.25, 0.3) is 0 Å². The average Bonchev–Trinajstić information content (AvgIpc) is 3.36. The third kappa shape index (κ3) is 3.56. The number of hydrogen-bond donors (Lipinski definition) is 1. The molecule has 2 atom stereocenters. The van der Waals surface area contributed by atoms with Gasteiger partial charge in [-0.3, -0.25) is 14.3 Å². The second-order valence-corrected chi connectivity index (χ2v) is 7.55. The monoisotopic (exact) mass is 358 g/mol. The van der Waals surface area contributed by atoms with Crippen LogP contribution in [0.3, 0.4) is 0 Å². The Balaban J connectivity index is 1.39. The second-order valence-electron chi connectivity index (χ2n) is 7.55. The number of hydrogen-bond acceptors (Lipinski definition) is 5. The normalized spacial score (nSPS) is 25.2. The fourth-order valence-corrected chi connectivity index (χ4v) is 4.42. The van der Waals surface area contributed by atoms with Gasteiger partial charge >= 0.3 is 0 Å². The van der Waals surface area contributed by atoms with Crippen molar-refractivity contribution in [1.29, 1.82) is 0 Å². The molecule has 1 aliphatic heterocycles. The van der Waals surface area contributed by atoms with Crippen molar-refractivity contribution >= 4 is 0 Å². The first-order chi connectivity index (χ1) is 12.7. The van der Waals surface area contributed by atoms with Crippen LogP contribution < -0.4 is 5.32 Å². The molecule has 3 heterocycles. The van der Waals surface area contributed by atoms with E-state index in [0.29, 0.717) is 6.04 Å². The Morgan fingerprint density at radius 2 is 1.96 bits per heavy atom. The molecule has 2 fully saturated rings. The summed E-state index contributed by atoms with van der Waals surface area (Å²) in [5.74, 6) is 0. The lowest BCUT2D eigenvalue weighted by Crippen LogP contribution is -2.48. The van der Waals surface area contributed by atoms with E-state index in [-0.39, 0.29) is 12.1 Å². The van der Waals surface area contributed by atoms with Crippen molar-refractivity contribution < 1.29 is 4.74 Å². The molecule has 1 saturated heterocycles. The maximum Gasteiger partial charge on any atom is 0.0911 e. The lowest BCUT2D eigenvalue weighted by Gasteiger charge is -2.39. The Morgan fingerprint density at radius 3 is 2.73 bits per heavy atom. The molecule has 0 bridgehead atoms. The van der Waals surface area contributed by atoms with Crippen molar-refractivity contribution in [2.24, 2.45) is 7.05 Å². The van der Waals surface area contributed by atoms with Crippen LogP contribution >= 0.6 is 0 Å². The molecule has 0 amide bonds. The number of morpholine rings is 1. The predicted octanol–water partition coefficient (Wildman–Crippen LogP) is 1.89. The molecule has 142 valence electrons. The molecule has 0 spiro atoms. The molecule has 0 radical (unpaired) electrons. The van der Waals surface area contributed by atoms with Crippen LogP contribution in [0.25, 0.3) is 0 Å². The highest BCUT2D eigenvalue weighted by atomic mass is 16.5. The molecule has 4 rings (SSSR count). The van der Waals surface area contributed by atoms with E-state index >= 15 is 0 Å². The van der Waals surface area contributed by atoms with Gasteiger partial charge in [0, 0.05) is 39.1 Å². The van der Waals surface area contributed by atoms with Gasteiger partial charge in [0.05, 0.1) is 36.2 Å². The molecule has 1 N–H and O–H groups in total. The second kappa shape index (κ2) is 7.90. The van der Waals surface area contributed by atoms with Crippen molar-refractivity contribution in [2.75, 3.05) is 26.7 Å². The maximum absolute atomic E-state index is 6.12. The van der Waals surface area contributed by atoms with E-state index in [1.165, 1.54) is 37.1 Å². The third-order valence-corrected chi connectivity index (χ3v) is 5.84. The van der Waals surface area contributed by atoms with E-state index in [0.717, 1.165) is 26.2 Å². The molecule has 1 aliphatic carbocycles. The Kier molecular flexibility index (Phi) is 5.38. The van der Waals surface area contributed by atoms with Crippen LogP contribution in [0.5, 0.6) is 0 Å². The molecule has 0 aromatic carbocycles. The van der Waals surface area contributed by atoms with Gasteiger partial charge in [-0.25, -0.2) is 0 Å². The summed E-state index contributed by atoms with van der Waals surface area (Å²) in [6, 6.07) is 5.04. The first-order valence-corrected chi connectivity index (χ1v) is 9.77. The smallest absolute Gasteiger partial charge is 0.0911 e. The van der Waals surface area contributed by atoms with Crippen LogP contribution in [-0.4, -0.2) is 57.3 Å². The van der Waals surface area contributed by atoms with Crippen molar-refractivity contribution in [1.82, 2.24) is 29.8 Å². The van der Waals surface area contributed by atoms with Crippen LogP contribution in [0.15, 0.2) is 24.5 Å². The van der Waals surface area contributed by atoms with Gasteiger partial charge in [0.15, 0.2) is 0 Å². The van der Waals surface area contributed by atoms with E-state index in [9.17, 15) is 0 Å². The van der Waals surface area contributed by atoms with Gasteiger partial charge < -0.3 is 10.1 Å². The van der Waals surface area contributed by atoms with Crippen LogP contribution in [0, 0.1) is 0 Å². The maximum atomic E-state index is 6.12. The van der Waals surface area contributed by atoms with Crippen molar-refractivity contribution in [2.45, 2.75) is 50.4 Å². The first kappa shape index (κ1) is 17.7. The molecule has 26 heavy (non-hydrogen) atoms. The van der Waals surface area contributed by atoms with E-state index in [4.69, 9.17) is 4.74 Å². The summed E-state index contributed by atoms with van der Waals surface area (Å²) in [6.45, 7) is 3.37. The van der Waals surface area contributed by atoms with E-state index in [2.05, 4.69) is 44.3 Å². The Morgan fingerprint density at radius 1 is 1.15 bits per heavy atom. The summed E-state index contributed by atoms with van der Waals surface area (Å²) in [5.41, 5.74) is 2.48. The van der Waals surface area contributed by atoms with E-state index in [1.54, 1.807) is 0 Å². The number of likely N-dealkylation sites (N-methyl/N-ethyl adjacent to an activating group) is 1. The topological polar surface area (TPSA) is 60.1 Å². The molecule has 0 unspecified atom stereocenters. The van der Waals surface area contributed by atoms with Crippen LogP contribution in [-0.2, 0) is 18.3 Å². The van der Waals surface area contributed by atoms with Crippen LogP contribution in [0.2, 0.25) is 0 Å². The predicted molar refractivity (Wildman–Crippen MR) is 99.8 cm³/mol. The van der Waals surface area contributed by atoms with Gasteiger partial charge in [-0.05, 0) is 32.0 Å². The SMILES string of the molecule is CN1CCO[C@@H](CNCc2ccnn2C2CCCC2)[C@@H]1c1ccnn1C. The summed E-state index contributed by atoms with van der Waals surface area (Å²) >= 11 is 0. The minimum absolute atomic E-state index is 0.118. The Labute approximate surface area is 155 Å². The molecule has 2 aromatic heterocycles. The lowest BCUT2D eigenvalue weighted by atomic mass is 10.0. The number of aromatic nitrogens is 4. The Hall–Kier alpha value is -1.70. The molecule has 7 heteroatoms. The zero-order valence-electron chi connectivity index (χ0n) is 15.8. The lowest BCUT2D eigenvalue weighted by molar-refractivity contribution is -0.0639. The third-order valence-electron chi connectivity index (χ3n) is 5.84. The number of ether oxygens (including phenoxy) is 1. The molecule has 2 aromatic rings. The molecule has 7 nitrogen and oxygen atoms in total. The number of rotatable bonds is 6. The highest BCUT2D eigenvalue weighted by Crippen LogP contribution is 2.30. The van der Waals surface area contributed by atoms with Crippen LogP contribution in [0.4, 0.5) is 0 Å². The highest BCUT2D eigenvalue weighted by molar-refractivity contribution is 5.11. The number of nitrogens with zero attached hydrogens (tertiary/aromatic N) is 5. The fraction of sp³-hybridized carbons (Fsp3) is 0.684. The van der Waals surface area contributed by atoms with E-state index in [1.807, 2.05) is 24.1 Å². The van der Waals surface area contributed by atoms with Gasteiger partial charge in [-0.15, -0.1) is 0 Å². The molecule has 2 aliphatic rings. The minimum atomic E-state index is 0.118. The average molecular weight is 358 g/mol. The largest absolute Gasteiger partial charge is 0.374 e. The summed E-state index contributed by atoms with van der Waals surface area (Å²) < 4.78 is 10.3. The standard InChI is InChI=1S/C19H30N6O/c1-23-11-12-26-18(19(23)17-8-10-21-24(17)2)14-20-13-16-7-9-22-25(16)15-5-3-4-6-15/h7-10,15,18-20H,3-6,11-14H2,1-2H3/t18-,19-/m0/s1. The summed E-state index contributed by atoms with van der Waals surface area (Å²) in [7, 11) is 4.17. The van der Waals surface area contributed by atoms with Crippen molar-refractivity contribution in [3.63, 3.8) is 0 Å². The van der Waals surface area contributed by atoms with Gasteiger partial charge in [0.2, 0.25) is 0 Å². The number of aryl methyl sites for hydroxylation is 1. The van der Waals surface area contributed by atoms with Crippen molar-refractivity contribution in [3.05, 3.63) is 35.9 Å². The molecule has 1 saturated carbocycles. The summed E-state index contributed by atoms with van der Waals surface area (Å²) in [4.78, 5) is 2.37. The molecular weight excluding hydrogens is 328 g/mol. The van der Waals surface area contributed by atoms with Crippen molar-refractivity contribution in [3.8, 4) is 0 Å². The minimum Gasteiger partial charge on any atom is -0.374 e. The molecular formula is C19H30N6O. The quantitative estimate of drug-likeness (QED) is 0.855. The summed E-state index contributed by atoms with van der Waals surface area (Å²) in [5, 5.41) is 12.5. The fourth-order valence-electron chi connectivity index (χ4n) is 4.42. The zero-order valence-corrected chi connectivity index (χ0v) is 15.8. The Bertz CT molecular complexity index is 704. The van der Waals surface area contributed by atoms with Gasteiger partial charge in [-0.1, -0.05) is 12.8 Å². The van der Waals surface area contributed by atoms with Crippen LogP contribution in [0.1, 0.15) is 49.2 Å². The van der Waals surface area contributed by atoms with Gasteiger partial charge in [0.1, 0.15) is 0 Å².